The van der Waals surface area contributed by atoms with Crippen molar-refractivity contribution in [1.29, 1.82) is 0 Å². The number of benzene rings is 1. The standard InChI is InChI=1S/C9H6BrClN2O/c10-5-1-2-8-6(3-5)7(4-12-8)9(11)13-14/h1-4,12,14H/b13-9+. The van der Waals surface area contributed by atoms with E-state index in [1.807, 2.05) is 18.2 Å². The van der Waals surface area contributed by atoms with Crippen LogP contribution in [0.2, 0.25) is 0 Å². The monoisotopic (exact) mass is 272 g/mol. The molecule has 3 nitrogen and oxygen atoms in total. The fraction of sp³-hybridized carbons (Fsp3) is 0. The van der Waals surface area contributed by atoms with Crippen molar-refractivity contribution >= 4 is 43.6 Å². The number of nitrogens with zero attached hydrogens (tertiary/aromatic N) is 1. The second-order valence-corrected chi connectivity index (χ2v) is 4.06. The van der Waals surface area contributed by atoms with Crippen LogP contribution >= 0.6 is 27.5 Å². The van der Waals surface area contributed by atoms with Crippen molar-refractivity contribution in [2.75, 3.05) is 0 Å². The Kier molecular flexibility index (Phi) is 2.48. The Hall–Kier alpha value is -1.000. The molecule has 0 fully saturated rings. The zero-order valence-electron chi connectivity index (χ0n) is 6.96. The fourth-order valence-electron chi connectivity index (χ4n) is 1.32. The van der Waals surface area contributed by atoms with Crippen LogP contribution in [0.1, 0.15) is 5.56 Å². The molecule has 0 saturated heterocycles. The third-order valence-corrected chi connectivity index (χ3v) is 2.73. The molecule has 0 bridgehead atoms. The number of H-pyrrole nitrogens is 1. The van der Waals surface area contributed by atoms with Crippen LogP contribution in [0.15, 0.2) is 34.0 Å². The maximum absolute atomic E-state index is 8.57. The first-order chi connectivity index (χ1) is 6.72. The minimum atomic E-state index is 0.0781. The van der Waals surface area contributed by atoms with Gasteiger partial charge in [-0.2, -0.15) is 0 Å². The number of oxime groups is 1. The Morgan fingerprint density at radius 1 is 1.50 bits per heavy atom. The number of fused-ring (bicyclic) bond motifs is 1. The maximum Gasteiger partial charge on any atom is 0.177 e. The first-order valence-electron chi connectivity index (χ1n) is 3.87. The van der Waals surface area contributed by atoms with E-state index in [0.717, 1.165) is 15.4 Å². The number of aromatic amines is 1. The third-order valence-electron chi connectivity index (χ3n) is 1.95. The summed E-state index contributed by atoms with van der Waals surface area (Å²) in [5, 5.41) is 12.5. The van der Waals surface area contributed by atoms with E-state index in [1.165, 1.54) is 0 Å². The molecule has 72 valence electrons. The zero-order valence-corrected chi connectivity index (χ0v) is 9.30. The molecule has 0 aliphatic rings. The van der Waals surface area contributed by atoms with Gasteiger partial charge in [-0.1, -0.05) is 32.7 Å². The number of nitrogens with one attached hydrogen (secondary N) is 1. The van der Waals surface area contributed by atoms with Gasteiger partial charge in [-0.15, -0.1) is 0 Å². The van der Waals surface area contributed by atoms with Gasteiger partial charge >= 0.3 is 0 Å². The van der Waals surface area contributed by atoms with E-state index in [-0.39, 0.29) is 5.17 Å². The molecule has 5 heteroatoms. The fourth-order valence-corrected chi connectivity index (χ4v) is 1.83. The summed E-state index contributed by atoms with van der Waals surface area (Å²) in [7, 11) is 0. The molecule has 1 heterocycles. The molecule has 1 aromatic carbocycles. The molecule has 0 aliphatic carbocycles. The van der Waals surface area contributed by atoms with Gasteiger partial charge in [0.05, 0.1) is 0 Å². The summed E-state index contributed by atoms with van der Waals surface area (Å²) in [5.74, 6) is 0. The normalized spacial score (nSPS) is 12.3. The van der Waals surface area contributed by atoms with Gasteiger partial charge in [0.15, 0.2) is 5.17 Å². The van der Waals surface area contributed by atoms with E-state index < -0.39 is 0 Å². The van der Waals surface area contributed by atoms with Crippen LogP contribution in [0.3, 0.4) is 0 Å². The smallest absolute Gasteiger partial charge is 0.177 e. The van der Waals surface area contributed by atoms with Crippen LogP contribution in [0.5, 0.6) is 0 Å². The summed E-state index contributed by atoms with van der Waals surface area (Å²) in [4.78, 5) is 3.03. The molecule has 0 amide bonds. The maximum atomic E-state index is 8.57. The summed E-state index contributed by atoms with van der Waals surface area (Å²) < 4.78 is 0.952. The van der Waals surface area contributed by atoms with Crippen LogP contribution in [-0.4, -0.2) is 15.4 Å². The molecule has 0 radical (unpaired) electrons. The number of aromatic nitrogens is 1. The quantitative estimate of drug-likeness (QED) is 0.467. The SMILES string of the molecule is O/N=C(/Cl)c1c[nH]c2ccc(Br)cc12. The summed E-state index contributed by atoms with van der Waals surface area (Å²) in [5.41, 5.74) is 1.63. The zero-order chi connectivity index (χ0) is 10.1. The van der Waals surface area contributed by atoms with Gasteiger partial charge in [-0.25, -0.2) is 0 Å². The Morgan fingerprint density at radius 3 is 3.00 bits per heavy atom. The summed E-state index contributed by atoms with van der Waals surface area (Å²) >= 11 is 9.09. The van der Waals surface area contributed by atoms with Crippen LogP contribution < -0.4 is 0 Å². The lowest BCUT2D eigenvalue weighted by Gasteiger charge is -1.94. The molecule has 0 spiro atoms. The summed E-state index contributed by atoms with van der Waals surface area (Å²) in [6.45, 7) is 0. The van der Waals surface area contributed by atoms with Crippen LogP contribution in [0, 0.1) is 0 Å². The molecule has 0 unspecified atom stereocenters. The Labute approximate surface area is 93.5 Å². The molecule has 1 aromatic heterocycles. The average Bonchev–Trinajstić information content (AvgIpc) is 2.59. The molecule has 0 atom stereocenters. The van der Waals surface area contributed by atoms with Crippen LogP contribution in [-0.2, 0) is 0 Å². The predicted octanol–water partition coefficient (Wildman–Crippen LogP) is 3.31. The molecular formula is C9H6BrClN2O. The van der Waals surface area contributed by atoms with Crippen molar-refractivity contribution in [3.05, 3.63) is 34.4 Å². The van der Waals surface area contributed by atoms with Gasteiger partial charge in [0.1, 0.15) is 0 Å². The molecular weight excluding hydrogens is 267 g/mol. The highest BCUT2D eigenvalue weighted by Crippen LogP contribution is 2.23. The Bertz CT molecular complexity index is 506. The van der Waals surface area contributed by atoms with Crippen LogP contribution in [0.4, 0.5) is 0 Å². The van der Waals surface area contributed by atoms with Gasteiger partial charge in [0.2, 0.25) is 0 Å². The van der Waals surface area contributed by atoms with E-state index in [4.69, 9.17) is 16.8 Å². The molecule has 2 N–H and O–H groups in total. The van der Waals surface area contributed by atoms with Crippen molar-refractivity contribution in [2.45, 2.75) is 0 Å². The number of halogens is 2. The molecule has 2 aromatic rings. The highest BCUT2D eigenvalue weighted by Gasteiger charge is 2.08. The van der Waals surface area contributed by atoms with Crippen molar-refractivity contribution in [2.24, 2.45) is 5.16 Å². The van der Waals surface area contributed by atoms with Crippen LogP contribution in [0.25, 0.3) is 10.9 Å². The Balaban J connectivity index is 2.73. The third kappa shape index (κ3) is 1.51. The second-order valence-electron chi connectivity index (χ2n) is 2.78. The number of hydrogen-bond donors (Lipinski definition) is 2. The molecule has 0 aliphatic heterocycles. The topological polar surface area (TPSA) is 48.4 Å². The number of hydrogen-bond acceptors (Lipinski definition) is 2. The highest BCUT2D eigenvalue weighted by molar-refractivity contribution is 9.10. The summed E-state index contributed by atoms with van der Waals surface area (Å²) in [6, 6.07) is 5.76. The lowest BCUT2D eigenvalue weighted by atomic mass is 10.2. The van der Waals surface area contributed by atoms with Gasteiger partial charge in [-0.05, 0) is 18.2 Å². The van der Waals surface area contributed by atoms with E-state index in [2.05, 4.69) is 26.1 Å². The first-order valence-corrected chi connectivity index (χ1v) is 5.04. The minimum Gasteiger partial charge on any atom is -0.410 e. The highest BCUT2D eigenvalue weighted by atomic mass is 79.9. The van der Waals surface area contributed by atoms with Gasteiger partial charge < -0.3 is 10.2 Å². The second kappa shape index (κ2) is 3.63. The number of rotatable bonds is 1. The van der Waals surface area contributed by atoms with Gasteiger partial charge in [-0.3, -0.25) is 0 Å². The van der Waals surface area contributed by atoms with E-state index in [1.54, 1.807) is 6.20 Å². The summed E-state index contributed by atoms with van der Waals surface area (Å²) in [6.07, 6.45) is 1.71. The Morgan fingerprint density at radius 2 is 2.29 bits per heavy atom. The molecule has 0 saturated carbocycles. The average molecular weight is 274 g/mol. The largest absolute Gasteiger partial charge is 0.410 e. The van der Waals surface area contributed by atoms with Crippen molar-refractivity contribution < 1.29 is 5.21 Å². The lowest BCUT2D eigenvalue weighted by Crippen LogP contribution is -1.87. The van der Waals surface area contributed by atoms with E-state index in [9.17, 15) is 0 Å². The molecule has 2 rings (SSSR count). The minimum absolute atomic E-state index is 0.0781. The first kappa shape index (κ1) is 9.55. The van der Waals surface area contributed by atoms with Crippen molar-refractivity contribution in [1.82, 2.24) is 4.98 Å². The van der Waals surface area contributed by atoms with Gasteiger partial charge in [0, 0.05) is 27.1 Å². The predicted molar refractivity (Wildman–Crippen MR) is 60.2 cm³/mol. The van der Waals surface area contributed by atoms with E-state index >= 15 is 0 Å². The lowest BCUT2D eigenvalue weighted by molar-refractivity contribution is 0.321. The van der Waals surface area contributed by atoms with Gasteiger partial charge in [0.25, 0.3) is 0 Å². The molecule has 14 heavy (non-hydrogen) atoms. The van der Waals surface area contributed by atoms with Crippen molar-refractivity contribution in [3.8, 4) is 0 Å². The van der Waals surface area contributed by atoms with Crippen molar-refractivity contribution in [3.63, 3.8) is 0 Å². The van der Waals surface area contributed by atoms with E-state index in [0.29, 0.717) is 5.56 Å².